The maximum atomic E-state index is 12.6. The molecule has 35 heavy (non-hydrogen) atoms. The number of carbonyl (C=O) groups excluding carboxylic acids is 2. The zero-order chi connectivity index (χ0) is 24.8. The van der Waals surface area contributed by atoms with E-state index < -0.39 is 0 Å². The third-order valence-electron chi connectivity index (χ3n) is 5.19. The second-order valence-electron chi connectivity index (χ2n) is 7.86. The van der Waals surface area contributed by atoms with Gasteiger partial charge >= 0.3 is 0 Å². The van der Waals surface area contributed by atoms with Crippen molar-refractivity contribution in [3.05, 3.63) is 70.9 Å². The van der Waals surface area contributed by atoms with E-state index in [4.69, 9.17) is 0 Å². The van der Waals surface area contributed by atoms with Gasteiger partial charge < -0.3 is 15.2 Å². The molecule has 0 aliphatic heterocycles. The summed E-state index contributed by atoms with van der Waals surface area (Å²) in [6.45, 7) is 6.54. The van der Waals surface area contributed by atoms with Gasteiger partial charge in [-0.3, -0.25) is 9.59 Å². The van der Waals surface area contributed by atoms with E-state index in [-0.39, 0.29) is 24.0 Å². The van der Waals surface area contributed by atoms with Crippen LogP contribution in [-0.4, -0.2) is 37.3 Å². The number of aryl methyl sites for hydroxylation is 2. The molecule has 0 saturated carbocycles. The second kappa shape index (κ2) is 11.3. The smallest absolute Gasteiger partial charge is 0.236 e. The SMILES string of the molecule is CCn1c(CC(=O)Nc2ccc(C)cc2)nnc1SCC(=O)Nc1nc(-c2ccccc2)c(C)s1. The first kappa shape index (κ1) is 24.6. The van der Waals surface area contributed by atoms with Crippen molar-refractivity contribution in [2.45, 2.75) is 38.9 Å². The molecule has 0 bridgehead atoms. The van der Waals surface area contributed by atoms with Crippen LogP contribution in [0.4, 0.5) is 10.8 Å². The Morgan fingerprint density at radius 1 is 0.971 bits per heavy atom. The van der Waals surface area contributed by atoms with Gasteiger partial charge in [-0.25, -0.2) is 4.98 Å². The molecule has 0 fully saturated rings. The molecule has 0 saturated heterocycles. The molecule has 0 spiro atoms. The first-order chi connectivity index (χ1) is 16.9. The molecule has 2 aromatic carbocycles. The summed E-state index contributed by atoms with van der Waals surface area (Å²) in [6.07, 6.45) is 0.0993. The number of hydrogen-bond acceptors (Lipinski definition) is 7. The van der Waals surface area contributed by atoms with Gasteiger partial charge in [-0.05, 0) is 32.9 Å². The Bertz CT molecular complexity index is 1320. The number of thioether (sulfide) groups is 1. The molecular formula is C25H26N6O2S2. The number of anilines is 2. The fourth-order valence-electron chi connectivity index (χ4n) is 3.46. The van der Waals surface area contributed by atoms with Crippen LogP contribution >= 0.6 is 23.1 Å². The standard InChI is InChI=1S/C25H26N6O2S2/c1-4-31-20(14-21(32)26-19-12-10-16(2)11-13-19)29-30-25(31)34-15-22(33)27-24-28-23(17(3)35-24)18-8-6-5-7-9-18/h5-13H,4,14-15H2,1-3H3,(H,26,32)(H,27,28,33). The van der Waals surface area contributed by atoms with E-state index in [1.165, 1.54) is 23.1 Å². The quantitative estimate of drug-likeness (QED) is 0.312. The van der Waals surface area contributed by atoms with Crippen molar-refractivity contribution in [2.24, 2.45) is 0 Å². The predicted octanol–water partition coefficient (Wildman–Crippen LogP) is 4.95. The molecule has 4 rings (SSSR count). The zero-order valence-corrected chi connectivity index (χ0v) is 21.4. The third-order valence-corrected chi connectivity index (χ3v) is 7.04. The first-order valence-corrected chi connectivity index (χ1v) is 13.0. The summed E-state index contributed by atoms with van der Waals surface area (Å²) in [7, 11) is 0. The largest absolute Gasteiger partial charge is 0.326 e. The van der Waals surface area contributed by atoms with Crippen molar-refractivity contribution in [2.75, 3.05) is 16.4 Å². The van der Waals surface area contributed by atoms with Crippen molar-refractivity contribution < 1.29 is 9.59 Å². The first-order valence-electron chi connectivity index (χ1n) is 11.2. The van der Waals surface area contributed by atoms with E-state index in [1.807, 2.05) is 79.9 Å². The van der Waals surface area contributed by atoms with Crippen LogP contribution in [0.15, 0.2) is 59.8 Å². The van der Waals surface area contributed by atoms with Crippen LogP contribution < -0.4 is 10.6 Å². The van der Waals surface area contributed by atoms with E-state index in [0.717, 1.165) is 27.4 Å². The number of amides is 2. The van der Waals surface area contributed by atoms with Crippen LogP contribution in [0.1, 0.15) is 23.2 Å². The average molecular weight is 507 g/mol. The van der Waals surface area contributed by atoms with Crippen LogP contribution in [0.5, 0.6) is 0 Å². The molecule has 2 N–H and O–H groups in total. The number of nitrogens with zero attached hydrogens (tertiary/aromatic N) is 4. The number of thiazole rings is 1. The van der Waals surface area contributed by atoms with E-state index in [2.05, 4.69) is 25.8 Å². The summed E-state index contributed by atoms with van der Waals surface area (Å²) in [5, 5.41) is 15.3. The van der Waals surface area contributed by atoms with Crippen LogP contribution in [0, 0.1) is 13.8 Å². The number of benzene rings is 2. The molecule has 2 amide bonds. The summed E-state index contributed by atoms with van der Waals surface area (Å²) in [6, 6.07) is 17.5. The second-order valence-corrected chi connectivity index (χ2v) is 10.0. The fraction of sp³-hybridized carbons (Fsp3) is 0.240. The van der Waals surface area contributed by atoms with Gasteiger partial charge in [-0.2, -0.15) is 0 Å². The maximum absolute atomic E-state index is 12.6. The molecule has 0 atom stereocenters. The molecule has 2 heterocycles. The van der Waals surface area contributed by atoms with E-state index in [1.54, 1.807) is 0 Å². The lowest BCUT2D eigenvalue weighted by atomic mass is 10.1. The highest BCUT2D eigenvalue weighted by Gasteiger charge is 2.17. The van der Waals surface area contributed by atoms with Gasteiger partial charge in [-0.1, -0.05) is 59.8 Å². The minimum atomic E-state index is -0.173. The molecule has 180 valence electrons. The van der Waals surface area contributed by atoms with Gasteiger partial charge in [0.15, 0.2) is 10.3 Å². The minimum Gasteiger partial charge on any atom is -0.326 e. The predicted molar refractivity (Wildman–Crippen MR) is 141 cm³/mol. The van der Waals surface area contributed by atoms with Crippen molar-refractivity contribution in [1.29, 1.82) is 0 Å². The van der Waals surface area contributed by atoms with Gasteiger partial charge in [0.2, 0.25) is 11.8 Å². The van der Waals surface area contributed by atoms with E-state index in [0.29, 0.717) is 22.7 Å². The van der Waals surface area contributed by atoms with Crippen LogP contribution in [0.2, 0.25) is 0 Å². The minimum absolute atomic E-state index is 0.0993. The highest BCUT2D eigenvalue weighted by Crippen LogP contribution is 2.30. The number of carbonyl (C=O) groups is 2. The molecule has 4 aromatic rings. The van der Waals surface area contributed by atoms with Gasteiger partial charge in [0.1, 0.15) is 5.82 Å². The Labute approximate surface area is 212 Å². The van der Waals surface area contributed by atoms with Gasteiger partial charge in [0, 0.05) is 22.7 Å². The van der Waals surface area contributed by atoms with Crippen LogP contribution in [-0.2, 0) is 22.6 Å². The topological polar surface area (TPSA) is 102 Å². The van der Waals surface area contributed by atoms with Crippen molar-refractivity contribution in [3.8, 4) is 11.3 Å². The summed E-state index contributed by atoms with van der Waals surface area (Å²) in [4.78, 5) is 30.7. The molecule has 0 unspecified atom stereocenters. The lowest BCUT2D eigenvalue weighted by molar-refractivity contribution is -0.116. The molecule has 10 heteroatoms. The highest BCUT2D eigenvalue weighted by atomic mass is 32.2. The van der Waals surface area contributed by atoms with Crippen LogP contribution in [0.3, 0.4) is 0 Å². The van der Waals surface area contributed by atoms with Crippen molar-refractivity contribution in [3.63, 3.8) is 0 Å². The molecular weight excluding hydrogens is 480 g/mol. The molecule has 2 aromatic heterocycles. The Kier molecular flexibility index (Phi) is 7.94. The number of rotatable bonds is 9. The van der Waals surface area contributed by atoms with Crippen LogP contribution in [0.25, 0.3) is 11.3 Å². The summed E-state index contributed by atoms with van der Waals surface area (Å²) < 4.78 is 1.85. The lowest BCUT2D eigenvalue weighted by Gasteiger charge is -2.08. The Morgan fingerprint density at radius 2 is 1.71 bits per heavy atom. The van der Waals surface area contributed by atoms with Gasteiger partial charge in [-0.15, -0.1) is 21.5 Å². The Balaban J connectivity index is 1.34. The molecule has 8 nitrogen and oxygen atoms in total. The number of hydrogen-bond donors (Lipinski definition) is 2. The fourth-order valence-corrected chi connectivity index (χ4v) is 5.13. The third kappa shape index (κ3) is 6.34. The Hall–Kier alpha value is -3.50. The number of aromatic nitrogens is 4. The zero-order valence-electron chi connectivity index (χ0n) is 19.7. The van der Waals surface area contributed by atoms with Crippen molar-refractivity contribution in [1.82, 2.24) is 19.7 Å². The van der Waals surface area contributed by atoms with Gasteiger partial charge in [0.25, 0.3) is 0 Å². The summed E-state index contributed by atoms with van der Waals surface area (Å²) >= 11 is 2.73. The maximum Gasteiger partial charge on any atom is 0.236 e. The summed E-state index contributed by atoms with van der Waals surface area (Å²) in [5.74, 6) is 0.377. The molecule has 0 aliphatic carbocycles. The molecule has 0 aliphatic rings. The lowest BCUT2D eigenvalue weighted by Crippen LogP contribution is -2.18. The highest BCUT2D eigenvalue weighted by molar-refractivity contribution is 7.99. The number of nitrogens with one attached hydrogen (secondary N) is 2. The van der Waals surface area contributed by atoms with E-state index in [9.17, 15) is 9.59 Å². The molecule has 0 radical (unpaired) electrons. The normalized spacial score (nSPS) is 10.8. The summed E-state index contributed by atoms with van der Waals surface area (Å²) in [5.41, 5.74) is 3.76. The monoisotopic (exact) mass is 506 g/mol. The van der Waals surface area contributed by atoms with Crippen molar-refractivity contribution >= 4 is 45.7 Å². The Morgan fingerprint density at radius 3 is 2.43 bits per heavy atom. The van der Waals surface area contributed by atoms with Gasteiger partial charge in [0.05, 0.1) is 17.9 Å². The van der Waals surface area contributed by atoms with E-state index >= 15 is 0 Å². The average Bonchev–Trinajstić information content (AvgIpc) is 3.41.